The average molecular weight is 313 g/mol. The second-order valence-corrected chi connectivity index (χ2v) is 5.58. The SMILES string of the molecule is CCn1nc(C)cc1C(=O)Nc1nc(-c2cccnc2)cs1. The van der Waals surface area contributed by atoms with Crippen LogP contribution in [0, 0.1) is 6.92 Å². The maximum absolute atomic E-state index is 12.3. The molecule has 0 saturated heterocycles. The first-order valence-electron chi connectivity index (χ1n) is 6.89. The molecule has 3 aromatic rings. The van der Waals surface area contributed by atoms with Gasteiger partial charge in [0, 0.05) is 29.9 Å². The van der Waals surface area contributed by atoms with Crippen LogP contribution >= 0.6 is 11.3 Å². The molecule has 0 aromatic carbocycles. The van der Waals surface area contributed by atoms with Crippen molar-refractivity contribution in [3.63, 3.8) is 0 Å². The lowest BCUT2D eigenvalue weighted by Gasteiger charge is -2.03. The van der Waals surface area contributed by atoms with Gasteiger partial charge in [0.15, 0.2) is 5.13 Å². The molecule has 3 heterocycles. The fraction of sp³-hybridized carbons (Fsp3) is 0.200. The van der Waals surface area contributed by atoms with E-state index in [-0.39, 0.29) is 5.91 Å². The van der Waals surface area contributed by atoms with Crippen molar-refractivity contribution in [1.29, 1.82) is 0 Å². The number of aromatic nitrogens is 4. The number of carbonyl (C=O) groups excluding carboxylic acids is 1. The smallest absolute Gasteiger partial charge is 0.275 e. The number of amides is 1. The van der Waals surface area contributed by atoms with Crippen LogP contribution in [-0.4, -0.2) is 25.7 Å². The predicted molar refractivity (Wildman–Crippen MR) is 85.9 cm³/mol. The Morgan fingerprint density at radius 1 is 1.45 bits per heavy atom. The number of thiazole rings is 1. The normalized spacial score (nSPS) is 10.6. The summed E-state index contributed by atoms with van der Waals surface area (Å²) in [6.07, 6.45) is 3.46. The van der Waals surface area contributed by atoms with Crippen LogP contribution in [0.25, 0.3) is 11.3 Å². The number of pyridine rings is 1. The highest BCUT2D eigenvalue weighted by molar-refractivity contribution is 7.14. The first-order chi connectivity index (χ1) is 10.7. The van der Waals surface area contributed by atoms with Crippen molar-refractivity contribution < 1.29 is 4.79 Å². The molecule has 6 nitrogen and oxygen atoms in total. The summed E-state index contributed by atoms with van der Waals surface area (Å²) in [4.78, 5) is 20.8. The maximum Gasteiger partial charge on any atom is 0.275 e. The molecule has 1 amide bonds. The third-order valence-electron chi connectivity index (χ3n) is 3.12. The van der Waals surface area contributed by atoms with E-state index in [1.54, 1.807) is 23.1 Å². The Hall–Kier alpha value is -2.54. The van der Waals surface area contributed by atoms with Gasteiger partial charge in [0.05, 0.1) is 11.4 Å². The highest BCUT2D eigenvalue weighted by Crippen LogP contribution is 2.24. The molecule has 0 aliphatic rings. The van der Waals surface area contributed by atoms with Crippen molar-refractivity contribution in [2.75, 3.05) is 5.32 Å². The number of anilines is 1. The van der Waals surface area contributed by atoms with Crippen LogP contribution in [0.1, 0.15) is 23.1 Å². The average Bonchev–Trinajstić information content (AvgIpc) is 3.14. The Labute approximate surface area is 131 Å². The second-order valence-electron chi connectivity index (χ2n) is 4.72. The molecule has 3 aromatic heterocycles. The summed E-state index contributed by atoms with van der Waals surface area (Å²) in [5.41, 5.74) is 3.09. The van der Waals surface area contributed by atoms with E-state index >= 15 is 0 Å². The number of rotatable bonds is 4. The van der Waals surface area contributed by atoms with Crippen LogP contribution < -0.4 is 5.32 Å². The summed E-state index contributed by atoms with van der Waals surface area (Å²) < 4.78 is 1.68. The molecule has 0 aliphatic carbocycles. The number of nitrogens with one attached hydrogen (secondary N) is 1. The zero-order valence-corrected chi connectivity index (χ0v) is 13.1. The molecule has 0 unspecified atom stereocenters. The number of hydrogen-bond donors (Lipinski definition) is 1. The topological polar surface area (TPSA) is 72.7 Å². The molecule has 0 spiro atoms. The van der Waals surface area contributed by atoms with Gasteiger partial charge in [-0.25, -0.2) is 4.98 Å². The highest BCUT2D eigenvalue weighted by Gasteiger charge is 2.15. The first-order valence-corrected chi connectivity index (χ1v) is 7.77. The standard InChI is InChI=1S/C15H15N5OS/c1-3-20-13(7-10(2)19-20)14(21)18-15-17-12(9-22-15)11-5-4-6-16-8-11/h4-9H,3H2,1-2H3,(H,17,18,21). The van der Waals surface area contributed by atoms with Crippen molar-refractivity contribution in [3.8, 4) is 11.3 Å². The molecule has 22 heavy (non-hydrogen) atoms. The number of aryl methyl sites for hydroxylation is 2. The molecule has 0 aliphatic heterocycles. The van der Waals surface area contributed by atoms with Gasteiger partial charge < -0.3 is 0 Å². The lowest BCUT2D eigenvalue weighted by atomic mass is 10.2. The Morgan fingerprint density at radius 3 is 3.05 bits per heavy atom. The van der Waals surface area contributed by atoms with Crippen LogP contribution in [0.2, 0.25) is 0 Å². The Kier molecular flexibility index (Phi) is 3.97. The number of carbonyl (C=O) groups is 1. The van der Waals surface area contributed by atoms with E-state index in [0.717, 1.165) is 17.0 Å². The van der Waals surface area contributed by atoms with Crippen LogP contribution in [0.5, 0.6) is 0 Å². The Morgan fingerprint density at radius 2 is 2.32 bits per heavy atom. The summed E-state index contributed by atoms with van der Waals surface area (Å²) in [5, 5.41) is 9.56. The zero-order chi connectivity index (χ0) is 15.5. The molecule has 7 heteroatoms. The molecule has 0 bridgehead atoms. The Balaban J connectivity index is 1.79. The van der Waals surface area contributed by atoms with Crippen LogP contribution in [-0.2, 0) is 6.54 Å². The van der Waals surface area contributed by atoms with E-state index in [4.69, 9.17) is 0 Å². The van der Waals surface area contributed by atoms with E-state index < -0.39 is 0 Å². The minimum atomic E-state index is -0.200. The van der Waals surface area contributed by atoms with Gasteiger partial charge >= 0.3 is 0 Å². The molecule has 0 saturated carbocycles. The monoisotopic (exact) mass is 313 g/mol. The lowest BCUT2D eigenvalue weighted by Crippen LogP contribution is -2.17. The van der Waals surface area contributed by atoms with Crippen LogP contribution in [0.4, 0.5) is 5.13 Å². The van der Waals surface area contributed by atoms with E-state index in [9.17, 15) is 4.79 Å². The minimum Gasteiger partial charge on any atom is -0.296 e. The van der Waals surface area contributed by atoms with E-state index in [1.165, 1.54) is 11.3 Å². The van der Waals surface area contributed by atoms with Gasteiger partial charge in [0.2, 0.25) is 0 Å². The van der Waals surface area contributed by atoms with Gasteiger partial charge in [-0.3, -0.25) is 19.8 Å². The van der Waals surface area contributed by atoms with Crippen molar-refractivity contribution in [3.05, 3.63) is 47.4 Å². The highest BCUT2D eigenvalue weighted by atomic mass is 32.1. The largest absolute Gasteiger partial charge is 0.296 e. The summed E-state index contributed by atoms with van der Waals surface area (Å²) in [7, 11) is 0. The number of nitrogens with zero attached hydrogens (tertiary/aromatic N) is 4. The first kappa shape index (κ1) is 14.4. The third kappa shape index (κ3) is 2.89. The Bertz CT molecular complexity index is 793. The summed E-state index contributed by atoms with van der Waals surface area (Å²) in [6.45, 7) is 4.47. The summed E-state index contributed by atoms with van der Waals surface area (Å²) >= 11 is 1.39. The molecule has 112 valence electrons. The van der Waals surface area contributed by atoms with Gasteiger partial charge in [-0.2, -0.15) is 5.10 Å². The van der Waals surface area contributed by atoms with Crippen molar-refractivity contribution in [2.24, 2.45) is 0 Å². The van der Waals surface area contributed by atoms with Crippen molar-refractivity contribution in [1.82, 2.24) is 19.7 Å². The fourth-order valence-electron chi connectivity index (χ4n) is 2.11. The second kappa shape index (κ2) is 6.07. The molecule has 1 N–H and O–H groups in total. The van der Waals surface area contributed by atoms with Crippen molar-refractivity contribution in [2.45, 2.75) is 20.4 Å². The van der Waals surface area contributed by atoms with Crippen molar-refractivity contribution >= 4 is 22.4 Å². The number of hydrogen-bond acceptors (Lipinski definition) is 5. The van der Waals surface area contributed by atoms with E-state index in [0.29, 0.717) is 17.4 Å². The third-order valence-corrected chi connectivity index (χ3v) is 3.87. The van der Waals surface area contributed by atoms with Gasteiger partial charge in [-0.15, -0.1) is 11.3 Å². The summed E-state index contributed by atoms with van der Waals surface area (Å²) in [6, 6.07) is 5.56. The van der Waals surface area contributed by atoms with E-state index in [2.05, 4.69) is 20.4 Å². The molecular weight excluding hydrogens is 298 g/mol. The zero-order valence-electron chi connectivity index (χ0n) is 12.3. The molecular formula is C15H15N5OS. The molecule has 0 fully saturated rings. The van der Waals surface area contributed by atoms with Gasteiger partial charge in [-0.1, -0.05) is 0 Å². The minimum absolute atomic E-state index is 0.200. The molecule has 0 radical (unpaired) electrons. The molecule has 3 rings (SSSR count). The lowest BCUT2D eigenvalue weighted by molar-refractivity contribution is 0.101. The predicted octanol–water partition coefficient (Wildman–Crippen LogP) is 2.98. The quantitative estimate of drug-likeness (QED) is 0.803. The van der Waals surface area contributed by atoms with E-state index in [1.807, 2.05) is 31.4 Å². The fourth-order valence-corrected chi connectivity index (χ4v) is 2.82. The van der Waals surface area contributed by atoms with Gasteiger partial charge in [-0.05, 0) is 32.0 Å². The van der Waals surface area contributed by atoms with Crippen LogP contribution in [0.3, 0.4) is 0 Å². The molecule has 0 atom stereocenters. The summed E-state index contributed by atoms with van der Waals surface area (Å²) in [5.74, 6) is -0.200. The van der Waals surface area contributed by atoms with Crippen LogP contribution in [0.15, 0.2) is 36.0 Å². The maximum atomic E-state index is 12.3. The van der Waals surface area contributed by atoms with Gasteiger partial charge in [0.25, 0.3) is 5.91 Å². The van der Waals surface area contributed by atoms with Gasteiger partial charge in [0.1, 0.15) is 5.69 Å².